The molecule has 1 aromatic heterocycles. The minimum Gasteiger partial charge on any atom is -0.545 e. The molecular weight excluding hydrogens is 211 g/mol. The summed E-state index contributed by atoms with van der Waals surface area (Å²) in [4.78, 5) is 21.3. The fourth-order valence-electron chi connectivity index (χ4n) is 0.891. The van der Waals surface area contributed by atoms with Gasteiger partial charge in [0, 0.05) is 10.5 Å². The van der Waals surface area contributed by atoms with Crippen molar-refractivity contribution < 1.29 is 44.3 Å². The first-order valence-corrected chi connectivity index (χ1v) is 4.45. The van der Waals surface area contributed by atoms with Crippen LogP contribution in [-0.2, 0) is 9.59 Å². The second-order valence-corrected chi connectivity index (χ2v) is 3.40. The van der Waals surface area contributed by atoms with Crippen LogP contribution in [0.4, 0.5) is 0 Å². The maximum absolute atomic E-state index is 10.6. The number of carbonyl (C=O) groups excluding carboxylic acids is 2. The summed E-state index contributed by atoms with van der Waals surface area (Å²) in [5, 5.41) is 12.4. The van der Waals surface area contributed by atoms with E-state index in [-0.39, 0.29) is 35.1 Å². The topological polar surface area (TPSA) is 57.2 Å². The van der Waals surface area contributed by atoms with E-state index in [1.807, 2.05) is 12.3 Å². The monoisotopic (exact) mass is 218 g/mol. The van der Waals surface area contributed by atoms with Crippen LogP contribution in [0.15, 0.2) is 17.5 Å². The number of carbonyl (C=O) groups is 2. The molecule has 0 radical (unpaired) electrons. The van der Waals surface area contributed by atoms with Gasteiger partial charge in [0.2, 0.25) is 0 Å². The minimum absolute atomic E-state index is 0. The predicted molar refractivity (Wildman–Crippen MR) is 48.1 cm³/mol. The number of allylic oxidation sites excluding steroid dienone is 1. The van der Waals surface area contributed by atoms with Gasteiger partial charge in [-0.25, -0.2) is 0 Å². The quantitative estimate of drug-likeness (QED) is 0.317. The number of thiophene rings is 1. The molecule has 3 nitrogen and oxygen atoms in total. The van der Waals surface area contributed by atoms with Gasteiger partial charge in [-0.05, 0) is 30.0 Å². The van der Waals surface area contributed by atoms with Crippen molar-refractivity contribution in [3.05, 3.63) is 28.0 Å². The van der Waals surface area contributed by atoms with Crippen molar-refractivity contribution in [3.63, 3.8) is 0 Å². The molecule has 0 amide bonds. The van der Waals surface area contributed by atoms with Gasteiger partial charge >= 0.3 is 29.6 Å². The molecule has 14 heavy (non-hydrogen) atoms. The zero-order valence-electron chi connectivity index (χ0n) is 7.94. The normalized spacial score (nSPS) is 10.5. The zero-order chi connectivity index (χ0) is 9.84. The third-order valence-electron chi connectivity index (χ3n) is 1.45. The summed E-state index contributed by atoms with van der Waals surface area (Å²) in [6, 6.07) is 1.70. The van der Waals surface area contributed by atoms with E-state index in [2.05, 4.69) is 0 Å². The van der Waals surface area contributed by atoms with Crippen LogP contribution in [0.3, 0.4) is 0 Å². The Morgan fingerprint density at radius 1 is 1.57 bits per heavy atom. The second-order valence-electron chi connectivity index (χ2n) is 2.49. The summed E-state index contributed by atoms with van der Waals surface area (Å²) in [5.74, 6) is -1.33. The zero-order valence-corrected chi connectivity index (χ0v) is 10.8. The third-order valence-corrected chi connectivity index (χ3v) is 2.53. The molecule has 0 bridgehead atoms. The van der Waals surface area contributed by atoms with Gasteiger partial charge < -0.3 is 9.90 Å². The molecule has 0 saturated carbocycles. The minimum atomic E-state index is -1.33. The van der Waals surface area contributed by atoms with Gasteiger partial charge in [0.05, 0.1) is 5.97 Å². The summed E-state index contributed by atoms with van der Waals surface area (Å²) in [6.07, 6.45) is 1.45. The number of aliphatic carboxylic acids is 1. The Balaban J connectivity index is 0.00000169. The summed E-state index contributed by atoms with van der Waals surface area (Å²) in [5.41, 5.74) is 0.908. The average Bonchev–Trinajstić information content (AvgIpc) is 2.46. The Kier molecular flexibility index (Phi) is 5.95. The Morgan fingerprint density at radius 3 is 2.57 bits per heavy atom. The van der Waals surface area contributed by atoms with E-state index in [0.29, 0.717) is 11.2 Å². The van der Waals surface area contributed by atoms with Gasteiger partial charge in [0.15, 0.2) is 0 Å². The van der Waals surface area contributed by atoms with Gasteiger partial charge in [-0.1, -0.05) is 0 Å². The van der Waals surface area contributed by atoms with E-state index >= 15 is 0 Å². The molecular formula is C9H7NaO3S. The molecule has 0 aliphatic carbocycles. The smallest absolute Gasteiger partial charge is 0.545 e. The van der Waals surface area contributed by atoms with Crippen LogP contribution in [0.2, 0.25) is 0 Å². The van der Waals surface area contributed by atoms with Crippen LogP contribution < -0.4 is 34.7 Å². The molecule has 0 saturated heterocycles. The second kappa shape index (κ2) is 6.14. The van der Waals surface area contributed by atoms with E-state index in [0.717, 1.165) is 11.6 Å². The number of carboxylic acid groups (broad SMARTS) is 1. The van der Waals surface area contributed by atoms with E-state index in [9.17, 15) is 14.7 Å². The molecule has 0 unspecified atom stereocenters. The van der Waals surface area contributed by atoms with Crippen molar-refractivity contribution in [2.24, 2.45) is 0 Å². The van der Waals surface area contributed by atoms with Crippen LogP contribution in [-0.4, -0.2) is 12.3 Å². The van der Waals surface area contributed by atoms with Crippen LogP contribution >= 0.6 is 11.3 Å². The van der Waals surface area contributed by atoms with Crippen molar-refractivity contribution in [3.8, 4) is 0 Å². The van der Waals surface area contributed by atoms with Crippen molar-refractivity contribution >= 4 is 29.2 Å². The van der Waals surface area contributed by atoms with Gasteiger partial charge in [-0.15, -0.1) is 11.3 Å². The fourth-order valence-corrected chi connectivity index (χ4v) is 1.80. The van der Waals surface area contributed by atoms with Crippen molar-refractivity contribution in [2.45, 2.75) is 6.92 Å². The van der Waals surface area contributed by atoms with Crippen LogP contribution in [0, 0.1) is 6.92 Å². The molecule has 68 valence electrons. The van der Waals surface area contributed by atoms with E-state index in [1.165, 1.54) is 11.3 Å². The number of rotatable bonds is 3. The SMILES string of the molecule is Cc1csc(C(=CC=O)C(=O)[O-])c1.[Na+]. The Hall–Kier alpha value is -0.420. The number of hydrogen-bond donors (Lipinski definition) is 0. The maximum atomic E-state index is 10.6. The molecule has 0 spiro atoms. The first kappa shape index (κ1) is 13.6. The van der Waals surface area contributed by atoms with Gasteiger partial charge in [-0.2, -0.15) is 0 Å². The summed E-state index contributed by atoms with van der Waals surface area (Å²) >= 11 is 1.28. The summed E-state index contributed by atoms with van der Waals surface area (Å²) < 4.78 is 0. The first-order chi connectivity index (χ1) is 6.15. The van der Waals surface area contributed by atoms with E-state index in [4.69, 9.17) is 0 Å². The van der Waals surface area contributed by atoms with E-state index in [1.54, 1.807) is 6.07 Å². The molecule has 1 aromatic rings. The number of aryl methyl sites for hydroxylation is 1. The molecule has 1 heterocycles. The van der Waals surface area contributed by atoms with Crippen molar-refractivity contribution in [2.75, 3.05) is 0 Å². The first-order valence-electron chi connectivity index (χ1n) is 3.57. The van der Waals surface area contributed by atoms with Gasteiger partial charge in [0.25, 0.3) is 0 Å². The molecule has 0 N–H and O–H groups in total. The summed E-state index contributed by atoms with van der Waals surface area (Å²) in [6.45, 7) is 1.85. The Bertz CT molecular complexity index is 368. The van der Waals surface area contributed by atoms with E-state index < -0.39 is 5.97 Å². The number of aldehydes is 1. The molecule has 5 heteroatoms. The van der Waals surface area contributed by atoms with Crippen LogP contribution in [0.25, 0.3) is 5.57 Å². The molecule has 0 aromatic carbocycles. The molecule has 0 aliphatic heterocycles. The average molecular weight is 218 g/mol. The van der Waals surface area contributed by atoms with Gasteiger partial charge in [0.1, 0.15) is 6.29 Å². The van der Waals surface area contributed by atoms with Crippen LogP contribution in [0.1, 0.15) is 10.4 Å². The predicted octanol–water partition coefficient (Wildman–Crippen LogP) is -2.61. The number of hydrogen-bond acceptors (Lipinski definition) is 4. The standard InChI is InChI=1S/C9H8O3S.Na/c1-6-4-8(13-5-6)7(2-3-10)9(11)12;/h2-5H,1H3,(H,11,12);/q;+1/p-1. The van der Waals surface area contributed by atoms with Crippen LogP contribution in [0.5, 0.6) is 0 Å². The molecule has 1 rings (SSSR count). The molecule has 0 aliphatic rings. The molecule has 0 atom stereocenters. The largest absolute Gasteiger partial charge is 1.00 e. The third kappa shape index (κ3) is 3.38. The fraction of sp³-hybridized carbons (Fsp3) is 0.111. The number of carboxylic acids is 1. The van der Waals surface area contributed by atoms with Crippen molar-refractivity contribution in [1.29, 1.82) is 0 Å². The Morgan fingerprint density at radius 2 is 2.21 bits per heavy atom. The van der Waals surface area contributed by atoms with Crippen molar-refractivity contribution in [1.82, 2.24) is 0 Å². The Labute approximate surface area is 108 Å². The summed E-state index contributed by atoms with van der Waals surface area (Å²) in [7, 11) is 0. The molecule has 0 fully saturated rings. The van der Waals surface area contributed by atoms with Gasteiger partial charge in [-0.3, -0.25) is 4.79 Å². The maximum Gasteiger partial charge on any atom is 1.00 e.